The molecule has 0 saturated carbocycles. The number of nitrogens with one attached hydrogen (secondary N) is 1. The monoisotopic (exact) mass is 492 g/mol. The van der Waals surface area contributed by atoms with Gasteiger partial charge in [-0.2, -0.15) is 4.31 Å². The molecule has 2 amide bonds. The zero-order valence-electron chi connectivity index (χ0n) is 18.5. The molecule has 2 aliphatic heterocycles. The SMILES string of the molecule is Cc1ccc(NC(=O)CN2CCN(C(=O)c3cccs3)CC2)cc1S(=O)(=O)N1CCOCC1. The lowest BCUT2D eigenvalue weighted by atomic mass is 10.2. The van der Waals surface area contributed by atoms with Crippen molar-refractivity contribution in [2.45, 2.75) is 11.8 Å². The molecule has 1 aromatic carbocycles. The van der Waals surface area contributed by atoms with Crippen molar-refractivity contribution < 1.29 is 22.7 Å². The van der Waals surface area contributed by atoms with E-state index in [1.807, 2.05) is 27.3 Å². The van der Waals surface area contributed by atoms with Crippen molar-refractivity contribution in [2.75, 3.05) is 64.3 Å². The summed E-state index contributed by atoms with van der Waals surface area (Å²) in [7, 11) is -3.66. The number of rotatable bonds is 6. The maximum atomic E-state index is 13.1. The second kappa shape index (κ2) is 10.3. The van der Waals surface area contributed by atoms with Crippen LogP contribution in [0.3, 0.4) is 0 Å². The van der Waals surface area contributed by atoms with E-state index < -0.39 is 10.0 Å². The first-order chi connectivity index (χ1) is 15.8. The summed E-state index contributed by atoms with van der Waals surface area (Å²) in [6, 6.07) is 8.62. The van der Waals surface area contributed by atoms with Gasteiger partial charge in [0.1, 0.15) is 0 Å². The summed E-state index contributed by atoms with van der Waals surface area (Å²) in [6.45, 7) is 5.66. The predicted octanol–water partition coefficient (Wildman–Crippen LogP) is 1.47. The maximum absolute atomic E-state index is 13.1. The molecule has 1 aromatic heterocycles. The van der Waals surface area contributed by atoms with E-state index in [-0.39, 0.29) is 23.3 Å². The summed E-state index contributed by atoms with van der Waals surface area (Å²) in [6.07, 6.45) is 0. The van der Waals surface area contributed by atoms with E-state index in [1.165, 1.54) is 21.7 Å². The molecule has 0 radical (unpaired) electrons. The van der Waals surface area contributed by atoms with E-state index >= 15 is 0 Å². The van der Waals surface area contributed by atoms with Crippen molar-refractivity contribution in [3.8, 4) is 0 Å². The molecule has 0 spiro atoms. The molecule has 178 valence electrons. The summed E-state index contributed by atoms with van der Waals surface area (Å²) in [4.78, 5) is 29.8. The smallest absolute Gasteiger partial charge is 0.264 e. The van der Waals surface area contributed by atoms with Crippen LogP contribution in [0.15, 0.2) is 40.6 Å². The fourth-order valence-corrected chi connectivity index (χ4v) is 6.30. The summed E-state index contributed by atoms with van der Waals surface area (Å²) >= 11 is 1.43. The summed E-state index contributed by atoms with van der Waals surface area (Å²) in [5.74, 6) is -0.186. The molecule has 2 aromatic rings. The van der Waals surface area contributed by atoms with Crippen molar-refractivity contribution in [3.05, 3.63) is 46.2 Å². The predicted molar refractivity (Wildman–Crippen MR) is 126 cm³/mol. The molecule has 0 atom stereocenters. The van der Waals surface area contributed by atoms with Crippen molar-refractivity contribution in [1.29, 1.82) is 0 Å². The number of piperazine rings is 1. The lowest BCUT2D eigenvalue weighted by molar-refractivity contribution is -0.117. The third-order valence-electron chi connectivity index (χ3n) is 5.82. The average Bonchev–Trinajstić information content (AvgIpc) is 3.36. The molecule has 2 aliphatic rings. The molecule has 3 heterocycles. The van der Waals surface area contributed by atoms with Crippen LogP contribution in [0.1, 0.15) is 15.2 Å². The van der Waals surface area contributed by atoms with Crippen molar-refractivity contribution >= 4 is 38.9 Å². The summed E-state index contributed by atoms with van der Waals surface area (Å²) < 4.78 is 32.8. The Bertz CT molecular complexity index is 1090. The van der Waals surface area contributed by atoms with Gasteiger partial charge in [0.25, 0.3) is 5.91 Å². The fraction of sp³-hybridized carbons (Fsp3) is 0.455. The van der Waals surface area contributed by atoms with E-state index in [0.717, 1.165) is 4.88 Å². The number of ether oxygens (including phenoxy) is 1. The summed E-state index contributed by atoms with van der Waals surface area (Å²) in [5, 5.41) is 4.71. The number of nitrogens with zero attached hydrogens (tertiary/aromatic N) is 3. The highest BCUT2D eigenvalue weighted by Gasteiger charge is 2.28. The lowest BCUT2D eigenvalue weighted by Gasteiger charge is -2.34. The van der Waals surface area contributed by atoms with Crippen LogP contribution in [0, 0.1) is 6.92 Å². The molecule has 2 saturated heterocycles. The van der Waals surface area contributed by atoms with Gasteiger partial charge in [-0.15, -0.1) is 11.3 Å². The minimum atomic E-state index is -3.66. The first kappa shape index (κ1) is 23.8. The number of anilines is 1. The van der Waals surface area contributed by atoms with Crippen LogP contribution in [-0.4, -0.2) is 93.4 Å². The quantitative estimate of drug-likeness (QED) is 0.656. The largest absolute Gasteiger partial charge is 0.379 e. The highest BCUT2D eigenvalue weighted by Crippen LogP contribution is 2.24. The van der Waals surface area contributed by atoms with Gasteiger partial charge < -0.3 is 15.0 Å². The van der Waals surface area contributed by atoms with Gasteiger partial charge in [-0.25, -0.2) is 8.42 Å². The van der Waals surface area contributed by atoms with Gasteiger partial charge in [0, 0.05) is 45.0 Å². The third-order valence-corrected chi connectivity index (χ3v) is 8.72. The molecule has 9 nitrogen and oxygen atoms in total. The molecular weight excluding hydrogens is 464 g/mol. The van der Waals surface area contributed by atoms with Gasteiger partial charge >= 0.3 is 0 Å². The number of carbonyl (C=O) groups excluding carboxylic acids is 2. The molecule has 11 heteroatoms. The third kappa shape index (κ3) is 5.61. The van der Waals surface area contributed by atoms with Crippen LogP contribution in [0.25, 0.3) is 0 Å². The highest BCUT2D eigenvalue weighted by atomic mass is 32.2. The first-order valence-electron chi connectivity index (χ1n) is 10.9. The average molecular weight is 493 g/mol. The maximum Gasteiger partial charge on any atom is 0.264 e. The number of morpholine rings is 1. The molecule has 4 rings (SSSR count). The van der Waals surface area contributed by atoms with Crippen LogP contribution >= 0.6 is 11.3 Å². The van der Waals surface area contributed by atoms with Gasteiger partial charge in [-0.05, 0) is 36.1 Å². The number of benzene rings is 1. The second-order valence-electron chi connectivity index (χ2n) is 8.09. The lowest BCUT2D eigenvalue weighted by Crippen LogP contribution is -2.50. The van der Waals surface area contributed by atoms with Crippen LogP contribution < -0.4 is 5.32 Å². The van der Waals surface area contributed by atoms with E-state index in [2.05, 4.69) is 5.32 Å². The van der Waals surface area contributed by atoms with Gasteiger partial charge in [0.05, 0.1) is 29.5 Å². The van der Waals surface area contributed by atoms with Gasteiger partial charge in [0.2, 0.25) is 15.9 Å². The van der Waals surface area contributed by atoms with Crippen molar-refractivity contribution in [2.24, 2.45) is 0 Å². The van der Waals surface area contributed by atoms with Gasteiger partial charge in [0.15, 0.2) is 0 Å². The van der Waals surface area contributed by atoms with Crippen molar-refractivity contribution in [1.82, 2.24) is 14.1 Å². The number of hydrogen-bond donors (Lipinski definition) is 1. The van der Waals surface area contributed by atoms with E-state index in [1.54, 1.807) is 19.1 Å². The van der Waals surface area contributed by atoms with Crippen LogP contribution in [-0.2, 0) is 19.6 Å². The minimum Gasteiger partial charge on any atom is -0.379 e. The van der Waals surface area contributed by atoms with Gasteiger partial charge in [-0.1, -0.05) is 12.1 Å². The Labute approximate surface area is 198 Å². The minimum absolute atomic E-state index is 0.0303. The van der Waals surface area contributed by atoms with Crippen LogP contribution in [0.2, 0.25) is 0 Å². The Hall–Kier alpha value is -2.31. The first-order valence-corrected chi connectivity index (χ1v) is 13.2. The standard InChI is InChI=1S/C22H28N4O5S2/c1-17-4-5-18(15-20(17)33(29,30)26-10-12-31-13-11-26)23-21(27)16-24-6-8-25(9-7-24)22(28)19-3-2-14-32-19/h2-5,14-15H,6-13,16H2,1H3,(H,23,27). The number of carbonyl (C=O) groups is 2. The molecule has 2 fully saturated rings. The summed E-state index contributed by atoms with van der Waals surface area (Å²) in [5.41, 5.74) is 1.08. The number of hydrogen-bond acceptors (Lipinski definition) is 7. The molecule has 33 heavy (non-hydrogen) atoms. The molecule has 0 aliphatic carbocycles. The van der Waals surface area contributed by atoms with Crippen LogP contribution in [0.4, 0.5) is 5.69 Å². The van der Waals surface area contributed by atoms with Gasteiger partial charge in [-0.3, -0.25) is 14.5 Å². The Kier molecular flexibility index (Phi) is 7.45. The Morgan fingerprint density at radius 1 is 1.06 bits per heavy atom. The normalized spacial score (nSPS) is 18.3. The Morgan fingerprint density at radius 2 is 1.79 bits per heavy atom. The zero-order chi connectivity index (χ0) is 23.4. The number of thiophene rings is 1. The topological polar surface area (TPSA) is 99.3 Å². The molecular formula is C22H28N4O5S2. The van der Waals surface area contributed by atoms with E-state index in [9.17, 15) is 18.0 Å². The molecule has 1 N–H and O–H groups in total. The van der Waals surface area contributed by atoms with Crippen molar-refractivity contribution in [3.63, 3.8) is 0 Å². The molecule has 0 unspecified atom stereocenters. The number of amides is 2. The second-order valence-corrected chi connectivity index (χ2v) is 10.9. The van der Waals surface area contributed by atoms with Crippen LogP contribution in [0.5, 0.6) is 0 Å². The Balaban J connectivity index is 1.33. The zero-order valence-corrected chi connectivity index (χ0v) is 20.2. The fourth-order valence-electron chi connectivity index (χ4n) is 3.95. The number of aryl methyl sites for hydroxylation is 1. The van der Waals surface area contributed by atoms with E-state index in [0.29, 0.717) is 63.7 Å². The van der Waals surface area contributed by atoms with E-state index in [4.69, 9.17) is 4.74 Å². The number of sulfonamides is 1. The highest BCUT2D eigenvalue weighted by molar-refractivity contribution is 7.89. The molecule has 0 bridgehead atoms. The Morgan fingerprint density at radius 3 is 2.45 bits per heavy atom.